The quantitative estimate of drug-likeness (QED) is 0.448. The molecule has 234 valence electrons. The molecule has 1 saturated heterocycles. The van der Waals surface area contributed by atoms with Gasteiger partial charge in [-0.05, 0) is 69.7 Å². The number of aromatic nitrogens is 1. The topological polar surface area (TPSA) is 112 Å². The second kappa shape index (κ2) is 12.6. The number of pyridine rings is 1. The number of likely N-dealkylation sites (tertiary alicyclic amines) is 1. The Morgan fingerprint density at radius 2 is 1.70 bits per heavy atom. The van der Waals surface area contributed by atoms with E-state index in [1.54, 1.807) is 52.2 Å². The van der Waals surface area contributed by atoms with Crippen molar-refractivity contribution in [2.75, 3.05) is 11.4 Å². The van der Waals surface area contributed by atoms with Crippen molar-refractivity contribution in [3.05, 3.63) is 59.9 Å². The van der Waals surface area contributed by atoms with Crippen LogP contribution in [0.1, 0.15) is 104 Å². The molecular weight excluding hydrogens is 544 g/mol. The molecule has 43 heavy (non-hydrogen) atoms. The summed E-state index contributed by atoms with van der Waals surface area (Å²) in [4.78, 5) is 49.4. The van der Waals surface area contributed by atoms with Crippen LogP contribution in [-0.2, 0) is 19.7 Å². The Kier molecular flexibility index (Phi) is 9.54. The van der Waals surface area contributed by atoms with Crippen LogP contribution in [0.2, 0.25) is 0 Å². The lowest BCUT2D eigenvalue weighted by Crippen LogP contribution is -2.53. The summed E-state index contributed by atoms with van der Waals surface area (Å²) < 4.78 is 5.64. The number of β-amino-alcohol motifs (C(OH)–C–C–N with tert-alkyl or cyclic N) is 1. The molecule has 1 aromatic heterocycles. The summed E-state index contributed by atoms with van der Waals surface area (Å²) in [5.41, 5.74) is -0.0784. The highest BCUT2D eigenvalue weighted by Crippen LogP contribution is 2.36. The summed E-state index contributed by atoms with van der Waals surface area (Å²) in [7, 11) is 0. The fraction of sp³-hybridized carbons (Fsp3) is 0.588. The smallest absolute Gasteiger partial charge is 0.411 e. The second-order valence-corrected chi connectivity index (χ2v) is 14.4. The number of nitrogens with one attached hydrogen (secondary N) is 1. The molecule has 1 aromatic carbocycles. The molecule has 9 heteroatoms. The van der Waals surface area contributed by atoms with Gasteiger partial charge >= 0.3 is 6.09 Å². The lowest BCUT2D eigenvalue weighted by Gasteiger charge is -2.36. The number of carbonyl (C=O) groups excluding carboxylic acids is 3. The summed E-state index contributed by atoms with van der Waals surface area (Å²) in [6.07, 6.45) is 7.55. The van der Waals surface area contributed by atoms with E-state index in [9.17, 15) is 19.5 Å². The van der Waals surface area contributed by atoms with Crippen LogP contribution in [0.25, 0.3) is 0 Å². The number of benzene rings is 1. The molecule has 2 heterocycles. The summed E-state index contributed by atoms with van der Waals surface area (Å²) in [6.45, 7) is 13.1. The molecule has 2 fully saturated rings. The predicted octanol–water partition coefficient (Wildman–Crippen LogP) is 5.66. The molecule has 3 atom stereocenters. The van der Waals surface area contributed by atoms with Crippen LogP contribution in [0.4, 0.5) is 10.5 Å². The van der Waals surface area contributed by atoms with Gasteiger partial charge in [0.25, 0.3) is 5.91 Å². The zero-order valence-electron chi connectivity index (χ0n) is 26.7. The number of hydrogen-bond acceptors (Lipinski definition) is 6. The van der Waals surface area contributed by atoms with Crippen LogP contribution >= 0.6 is 0 Å². The molecule has 4 rings (SSSR count). The monoisotopic (exact) mass is 592 g/mol. The molecule has 2 unspecified atom stereocenters. The number of nitrogens with zero attached hydrogens (tertiary/aromatic N) is 3. The maximum absolute atomic E-state index is 14.8. The molecule has 2 aliphatic rings. The van der Waals surface area contributed by atoms with Gasteiger partial charge in [0, 0.05) is 36.1 Å². The van der Waals surface area contributed by atoms with E-state index in [1.165, 1.54) is 9.80 Å². The number of carbonyl (C=O) groups is 3. The zero-order valence-corrected chi connectivity index (χ0v) is 26.7. The first kappa shape index (κ1) is 32.5. The van der Waals surface area contributed by atoms with Crippen molar-refractivity contribution in [3.8, 4) is 0 Å². The van der Waals surface area contributed by atoms with Gasteiger partial charge in [-0.15, -0.1) is 0 Å². The van der Waals surface area contributed by atoms with E-state index in [1.807, 2.05) is 24.3 Å². The van der Waals surface area contributed by atoms with Gasteiger partial charge in [-0.1, -0.05) is 58.2 Å². The highest BCUT2D eigenvalue weighted by atomic mass is 16.6. The molecule has 2 N–H and O–H groups in total. The highest BCUT2D eigenvalue weighted by Gasteiger charge is 2.50. The standard InChI is InChI=1S/C34H48N4O5/c1-32(2,3)24-15-17-26(18-16-24)38(30(40)27-20-34(7,42)22-37(27)31(41)43-33(4,5)6)28(23-12-11-19-35-21-23)29(39)36-25-13-9-8-10-14-25/h11-12,15-19,21,25,27-28,42H,8-10,13-14,20,22H2,1-7H3,(H,36,39)/t27-,28?,34?/m1/s1. The van der Waals surface area contributed by atoms with E-state index in [4.69, 9.17) is 4.74 Å². The lowest BCUT2D eigenvalue weighted by atomic mass is 9.87. The average molecular weight is 593 g/mol. The molecule has 0 radical (unpaired) electrons. The van der Waals surface area contributed by atoms with E-state index in [-0.39, 0.29) is 30.3 Å². The first-order valence-corrected chi connectivity index (χ1v) is 15.4. The highest BCUT2D eigenvalue weighted by molar-refractivity contribution is 6.05. The van der Waals surface area contributed by atoms with Gasteiger partial charge in [0.2, 0.25) is 5.91 Å². The zero-order chi connectivity index (χ0) is 31.6. The second-order valence-electron chi connectivity index (χ2n) is 14.4. The molecule has 1 aliphatic heterocycles. The third-order valence-electron chi connectivity index (χ3n) is 8.14. The Morgan fingerprint density at radius 1 is 1.05 bits per heavy atom. The average Bonchev–Trinajstić information content (AvgIpc) is 3.26. The Bertz CT molecular complexity index is 1270. The van der Waals surface area contributed by atoms with Gasteiger partial charge in [-0.2, -0.15) is 0 Å². The van der Waals surface area contributed by atoms with Crippen LogP contribution in [0.15, 0.2) is 48.8 Å². The van der Waals surface area contributed by atoms with Crippen LogP contribution < -0.4 is 10.2 Å². The van der Waals surface area contributed by atoms with Crippen molar-refractivity contribution in [2.24, 2.45) is 0 Å². The third kappa shape index (κ3) is 8.13. The maximum Gasteiger partial charge on any atom is 0.411 e. The molecular formula is C34H48N4O5. The van der Waals surface area contributed by atoms with E-state index in [0.717, 1.165) is 37.7 Å². The Balaban J connectivity index is 1.81. The summed E-state index contributed by atoms with van der Waals surface area (Å²) >= 11 is 0. The summed E-state index contributed by atoms with van der Waals surface area (Å²) in [5.74, 6) is -0.776. The van der Waals surface area contributed by atoms with Gasteiger partial charge < -0.3 is 15.2 Å². The van der Waals surface area contributed by atoms with E-state index >= 15 is 0 Å². The third-order valence-corrected chi connectivity index (χ3v) is 8.14. The first-order chi connectivity index (χ1) is 20.1. The molecule has 2 aromatic rings. The molecule has 9 nitrogen and oxygen atoms in total. The van der Waals surface area contributed by atoms with E-state index in [2.05, 4.69) is 31.1 Å². The van der Waals surface area contributed by atoms with Gasteiger partial charge in [-0.3, -0.25) is 24.4 Å². The number of anilines is 1. The predicted molar refractivity (Wildman–Crippen MR) is 167 cm³/mol. The minimum atomic E-state index is -1.31. The number of ether oxygens (including phenoxy) is 1. The number of aliphatic hydroxyl groups is 1. The molecule has 0 spiro atoms. The largest absolute Gasteiger partial charge is 0.444 e. The minimum Gasteiger partial charge on any atom is -0.444 e. The minimum absolute atomic E-state index is 0.00561. The molecule has 1 aliphatic carbocycles. The number of hydrogen-bond donors (Lipinski definition) is 2. The van der Waals surface area contributed by atoms with Crippen molar-refractivity contribution >= 4 is 23.6 Å². The van der Waals surface area contributed by atoms with Crippen LogP contribution in [0.5, 0.6) is 0 Å². The first-order valence-electron chi connectivity index (χ1n) is 15.4. The molecule has 0 bridgehead atoms. The van der Waals surface area contributed by atoms with Gasteiger partial charge in [0.1, 0.15) is 17.7 Å². The van der Waals surface area contributed by atoms with Gasteiger partial charge in [0.15, 0.2) is 0 Å². The van der Waals surface area contributed by atoms with E-state index < -0.39 is 35.3 Å². The van der Waals surface area contributed by atoms with Crippen molar-refractivity contribution < 1.29 is 24.2 Å². The fourth-order valence-corrected chi connectivity index (χ4v) is 5.97. The van der Waals surface area contributed by atoms with Crippen molar-refractivity contribution in [1.29, 1.82) is 0 Å². The van der Waals surface area contributed by atoms with Crippen LogP contribution in [-0.4, -0.2) is 62.7 Å². The van der Waals surface area contributed by atoms with Crippen LogP contribution in [0.3, 0.4) is 0 Å². The van der Waals surface area contributed by atoms with Crippen molar-refractivity contribution in [1.82, 2.24) is 15.2 Å². The molecule has 3 amide bonds. The van der Waals surface area contributed by atoms with Crippen molar-refractivity contribution in [2.45, 2.75) is 122 Å². The van der Waals surface area contributed by atoms with E-state index in [0.29, 0.717) is 11.3 Å². The molecule has 1 saturated carbocycles. The van der Waals surface area contributed by atoms with Crippen LogP contribution in [0, 0.1) is 0 Å². The van der Waals surface area contributed by atoms with Crippen molar-refractivity contribution in [3.63, 3.8) is 0 Å². The number of amides is 3. The summed E-state index contributed by atoms with van der Waals surface area (Å²) in [5, 5.41) is 14.3. The normalized spacial score (nSPS) is 22.1. The lowest BCUT2D eigenvalue weighted by molar-refractivity contribution is -0.129. The SMILES string of the molecule is CC1(O)C[C@H](C(=O)N(c2ccc(C(C)(C)C)cc2)C(C(=O)NC2CCCCC2)c2cccnc2)N(C(=O)OC(C)(C)C)C1. The Hall–Kier alpha value is -3.46. The van der Waals surface area contributed by atoms with Gasteiger partial charge in [0.05, 0.1) is 12.1 Å². The fourth-order valence-electron chi connectivity index (χ4n) is 5.97. The number of rotatable bonds is 6. The summed E-state index contributed by atoms with van der Waals surface area (Å²) in [6, 6.07) is 9.08. The Morgan fingerprint density at radius 3 is 2.26 bits per heavy atom. The van der Waals surface area contributed by atoms with Gasteiger partial charge in [-0.25, -0.2) is 4.79 Å². The maximum atomic E-state index is 14.8. The Labute approximate surface area is 256 Å².